The normalized spacial score (nSPS) is 17.0. The number of carbonyl (C=O) groups excluding carboxylic acids is 1. The van der Waals surface area contributed by atoms with E-state index in [9.17, 15) is 9.18 Å². The van der Waals surface area contributed by atoms with E-state index < -0.39 is 0 Å². The Kier molecular flexibility index (Phi) is 3.97. The highest BCUT2D eigenvalue weighted by Gasteiger charge is 2.34. The number of aromatic amines is 1. The number of benzene rings is 1. The number of hydrogen-bond acceptors (Lipinski definition) is 4. The molecule has 0 saturated carbocycles. The molecule has 0 radical (unpaired) electrons. The standard InChI is InChI=1S/C18H16FN5O/c19-14-5-2-1-4-12(14)13-10-22-23-17(13)16-6-3-9-24(16)18(25)15-11-20-7-8-21-15/h1-2,4-5,7-8,10-11,16H,3,6,9H2,(H,22,23). The van der Waals surface area contributed by atoms with Gasteiger partial charge in [-0.15, -0.1) is 0 Å². The molecule has 1 saturated heterocycles. The van der Waals surface area contributed by atoms with Crippen LogP contribution >= 0.6 is 0 Å². The molecule has 7 heteroatoms. The predicted octanol–water partition coefficient (Wildman–Crippen LogP) is 2.98. The van der Waals surface area contributed by atoms with Gasteiger partial charge < -0.3 is 4.90 Å². The maximum atomic E-state index is 14.2. The summed E-state index contributed by atoms with van der Waals surface area (Å²) in [6.07, 6.45) is 7.75. The Morgan fingerprint density at radius 3 is 2.88 bits per heavy atom. The Hall–Kier alpha value is -3.09. The van der Waals surface area contributed by atoms with Gasteiger partial charge in [-0.2, -0.15) is 5.10 Å². The van der Waals surface area contributed by atoms with Crippen molar-refractivity contribution in [3.8, 4) is 11.1 Å². The molecule has 1 aliphatic heterocycles. The second-order valence-corrected chi connectivity index (χ2v) is 5.92. The van der Waals surface area contributed by atoms with Crippen molar-refractivity contribution in [2.45, 2.75) is 18.9 Å². The van der Waals surface area contributed by atoms with Gasteiger partial charge in [-0.3, -0.25) is 14.9 Å². The fourth-order valence-corrected chi connectivity index (χ4v) is 3.31. The molecule has 2 aromatic heterocycles. The van der Waals surface area contributed by atoms with Gasteiger partial charge in [-0.25, -0.2) is 9.37 Å². The monoisotopic (exact) mass is 337 g/mol. The Labute approximate surface area is 143 Å². The van der Waals surface area contributed by atoms with Gasteiger partial charge in [-0.05, 0) is 18.9 Å². The molecule has 25 heavy (non-hydrogen) atoms. The molecule has 1 unspecified atom stereocenters. The largest absolute Gasteiger partial charge is 0.329 e. The number of hydrogen-bond donors (Lipinski definition) is 1. The van der Waals surface area contributed by atoms with Crippen molar-refractivity contribution >= 4 is 5.91 Å². The zero-order valence-corrected chi connectivity index (χ0v) is 13.4. The average Bonchev–Trinajstić information content (AvgIpc) is 3.31. The van der Waals surface area contributed by atoms with Crippen LogP contribution in [0, 0.1) is 5.82 Å². The van der Waals surface area contributed by atoms with Crippen molar-refractivity contribution < 1.29 is 9.18 Å². The zero-order valence-electron chi connectivity index (χ0n) is 13.4. The van der Waals surface area contributed by atoms with Crippen LogP contribution in [-0.4, -0.2) is 37.5 Å². The van der Waals surface area contributed by atoms with E-state index in [1.54, 1.807) is 29.3 Å². The summed E-state index contributed by atoms with van der Waals surface area (Å²) in [7, 11) is 0. The van der Waals surface area contributed by atoms with Crippen LogP contribution in [0.5, 0.6) is 0 Å². The predicted molar refractivity (Wildman–Crippen MR) is 89.0 cm³/mol. The second kappa shape index (κ2) is 6.43. The van der Waals surface area contributed by atoms with Crippen molar-refractivity contribution in [1.82, 2.24) is 25.1 Å². The first-order chi connectivity index (χ1) is 12.3. The van der Waals surface area contributed by atoms with E-state index in [4.69, 9.17) is 0 Å². The maximum Gasteiger partial charge on any atom is 0.274 e. The molecular weight excluding hydrogens is 321 g/mol. The Morgan fingerprint density at radius 1 is 1.20 bits per heavy atom. The minimum atomic E-state index is -0.310. The third kappa shape index (κ3) is 2.77. The molecule has 1 amide bonds. The smallest absolute Gasteiger partial charge is 0.274 e. The van der Waals surface area contributed by atoms with Crippen LogP contribution in [0.25, 0.3) is 11.1 Å². The quantitative estimate of drug-likeness (QED) is 0.797. The van der Waals surface area contributed by atoms with Crippen LogP contribution in [0.15, 0.2) is 49.1 Å². The summed E-state index contributed by atoms with van der Waals surface area (Å²) in [6, 6.07) is 6.38. The van der Waals surface area contributed by atoms with Crippen LogP contribution < -0.4 is 0 Å². The molecule has 3 heterocycles. The number of halogens is 1. The molecule has 1 atom stereocenters. The summed E-state index contributed by atoms with van der Waals surface area (Å²) in [5, 5.41) is 7.06. The number of nitrogens with one attached hydrogen (secondary N) is 1. The number of rotatable bonds is 3. The van der Waals surface area contributed by atoms with Gasteiger partial charge in [0, 0.05) is 30.1 Å². The lowest BCUT2D eigenvalue weighted by Crippen LogP contribution is -2.31. The lowest BCUT2D eigenvalue weighted by atomic mass is 10.0. The number of nitrogens with zero attached hydrogens (tertiary/aromatic N) is 4. The summed E-state index contributed by atoms with van der Waals surface area (Å²) < 4.78 is 14.2. The van der Waals surface area contributed by atoms with Crippen LogP contribution in [0.4, 0.5) is 4.39 Å². The molecular formula is C18H16FN5O. The number of likely N-dealkylation sites (tertiary alicyclic amines) is 1. The maximum absolute atomic E-state index is 14.2. The molecule has 126 valence electrons. The summed E-state index contributed by atoms with van der Waals surface area (Å²) in [5.41, 5.74) is 2.22. The second-order valence-electron chi connectivity index (χ2n) is 5.92. The van der Waals surface area contributed by atoms with Gasteiger partial charge in [0.1, 0.15) is 11.5 Å². The Bertz CT molecular complexity index is 895. The molecule has 4 rings (SSSR count). The van der Waals surface area contributed by atoms with Crippen molar-refractivity contribution in [2.24, 2.45) is 0 Å². The van der Waals surface area contributed by atoms with Gasteiger partial charge in [-0.1, -0.05) is 18.2 Å². The summed E-state index contributed by atoms with van der Waals surface area (Å²) in [4.78, 5) is 22.6. The van der Waals surface area contributed by atoms with E-state index in [2.05, 4.69) is 20.2 Å². The van der Waals surface area contributed by atoms with E-state index in [0.717, 1.165) is 18.5 Å². The SMILES string of the molecule is O=C(c1cnccn1)N1CCCC1c1[nH]ncc1-c1ccccc1F. The van der Waals surface area contributed by atoms with Crippen molar-refractivity contribution in [2.75, 3.05) is 6.54 Å². The first-order valence-corrected chi connectivity index (χ1v) is 8.11. The highest BCUT2D eigenvalue weighted by Crippen LogP contribution is 2.37. The number of H-pyrrole nitrogens is 1. The number of carbonyl (C=O) groups is 1. The van der Waals surface area contributed by atoms with E-state index in [0.29, 0.717) is 23.4 Å². The van der Waals surface area contributed by atoms with E-state index in [1.807, 2.05) is 0 Å². The first-order valence-electron chi connectivity index (χ1n) is 8.11. The average molecular weight is 337 g/mol. The Morgan fingerprint density at radius 2 is 2.08 bits per heavy atom. The van der Waals surface area contributed by atoms with E-state index in [-0.39, 0.29) is 17.8 Å². The van der Waals surface area contributed by atoms with E-state index >= 15 is 0 Å². The molecule has 0 spiro atoms. The minimum absolute atomic E-state index is 0.176. The summed E-state index contributed by atoms with van der Waals surface area (Å²) in [6.45, 7) is 0.621. The fourth-order valence-electron chi connectivity index (χ4n) is 3.31. The molecule has 0 aliphatic carbocycles. The lowest BCUT2D eigenvalue weighted by Gasteiger charge is -2.24. The van der Waals surface area contributed by atoms with Crippen molar-refractivity contribution in [3.63, 3.8) is 0 Å². The van der Waals surface area contributed by atoms with Crippen LogP contribution in [0.3, 0.4) is 0 Å². The van der Waals surface area contributed by atoms with Gasteiger partial charge >= 0.3 is 0 Å². The van der Waals surface area contributed by atoms with Gasteiger partial charge in [0.25, 0.3) is 5.91 Å². The molecule has 3 aromatic rings. The van der Waals surface area contributed by atoms with Crippen LogP contribution in [0.1, 0.15) is 35.1 Å². The topological polar surface area (TPSA) is 74.8 Å². The van der Waals surface area contributed by atoms with Crippen molar-refractivity contribution in [3.05, 3.63) is 66.3 Å². The highest BCUT2D eigenvalue weighted by molar-refractivity contribution is 5.92. The summed E-state index contributed by atoms with van der Waals surface area (Å²) in [5.74, 6) is -0.486. The molecule has 1 fully saturated rings. The molecule has 1 aliphatic rings. The lowest BCUT2D eigenvalue weighted by molar-refractivity contribution is 0.0727. The zero-order chi connectivity index (χ0) is 17.2. The van der Waals surface area contributed by atoms with Crippen molar-refractivity contribution in [1.29, 1.82) is 0 Å². The Balaban J connectivity index is 1.70. The minimum Gasteiger partial charge on any atom is -0.329 e. The highest BCUT2D eigenvalue weighted by atomic mass is 19.1. The molecule has 1 aromatic carbocycles. The number of amides is 1. The summed E-state index contributed by atoms with van der Waals surface area (Å²) >= 11 is 0. The van der Waals surface area contributed by atoms with Gasteiger partial charge in [0.05, 0.1) is 24.1 Å². The molecule has 0 bridgehead atoms. The number of aromatic nitrogens is 4. The van der Waals surface area contributed by atoms with Crippen LogP contribution in [-0.2, 0) is 0 Å². The van der Waals surface area contributed by atoms with Crippen LogP contribution in [0.2, 0.25) is 0 Å². The molecule has 1 N–H and O–H groups in total. The van der Waals surface area contributed by atoms with Gasteiger partial charge in [0.15, 0.2) is 0 Å². The van der Waals surface area contributed by atoms with Gasteiger partial charge in [0.2, 0.25) is 0 Å². The first kappa shape index (κ1) is 15.4. The third-order valence-electron chi connectivity index (χ3n) is 4.46. The fraction of sp³-hybridized carbons (Fsp3) is 0.222. The molecule has 6 nitrogen and oxygen atoms in total. The van der Waals surface area contributed by atoms with E-state index in [1.165, 1.54) is 24.7 Å². The third-order valence-corrected chi connectivity index (χ3v) is 4.46.